The van der Waals surface area contributed by atoms with Gasteiger partial charge in [0.15, 0.2) is 12.4 Å². The number of aromatic nitrogens is 1. The molecule has 0 aliphatic rings. The Kier molecular flexibility index (Phi) is 19.1. The Bertz CT molecular complexity index is 780. The third-order valence-corrected chi connectivity index (χ3v) is 7.06. The van der Waals surface area contributed by atoms with Gasteiger partial charge in [-0.15, -0.1) is 0 Å². The first-order chi connectivity index (χ1) is 17.2. The van der Waals surface area contributed by atoms with Crippen LogP contribution in [0.5, 0.6) is 0 Å². The molecule has 0 radical (unpaired) electrons. The molecule has 0 saturated heterocycles. The van der Waals surface area contributed by atoms with E-state index in [4.69, 9.17) is 0 Å². The van der Waals surface area contributed by atoms with E-state index in [1.807, 2.05) is 0 Å². The first kappa shape index (κ1) is 32.2. The lowest BCUT2D eigenvalue weighted by molar-refractivity contribution is -0.697. The molecule has 0 bridgehead atoms. The van der Waals surface area contributed by atoms with E-state index >= 15 is 0 Å². The summed E-state index contributed by atoms with van der Waals surface area (Å²) in [5.74, 6) is 0. The maximum absolute atomic E-state index is 2.33. The number of benzene rings is 1. The largest absolute Gasteiger partial charge is 1.00 e. The molecule has 1 aromatic carbocycles. The van der Waals surface area contributed by atoms with Crippen LogP contribution in [0.2, 0.25) is 0 Å². The summed E-state index contributed by atoms with van der Waals surface area (Å²) in [7, 11) is 4.15. The first-order valence-electron chi connectivity index (χ1n) is 14.6. The number of pyridine rings is 1. The predicted octanol–water partition coefficient (Wildman–Crippen LogP) is 6.48. The van der Waals surface area contributed by atoms with Crippen LogP contribution in [0, 0.1) is 0 Å². The van der Waals surface area contributed by atoms with Crippen molar-refractivity contribution < 1.29 is 17.0 Å². The monoisotopic (exact) mass is 512 g/mol. The van der Waals surface area contributed by atoms with Gasteiger partial charge in [0.2, 0.25) is 0 Å². The second-order valence-corrected chi connectivity index (χ2v) is 10.5. The van der Waals surface area contributed by atoms with Gasteiger partial charge in [0.1, 0.15) is 6.54 Å². The van der Waals surface area contributed by atoms with Crippen LogP contribution in [-0.4, -0.2) is 14.1 Å². The Labute approximate surface area is 229 Å². The summed E-state index contributed by atoms with van der Waals surface area (Å²) >= 11 is 0. The molecule has 0 aliphatic heterocycles. The molecule has 3 heteroatoms. The second kappa shape index (κ2) is 21.3. The highest BCUT2D eigenvalue weighted by Gasteiger charge is 2.01. The molecule has 0 amide bonds. The van der Waals surface area contributed by atoms with Crippen molar-refractivity contribution in [2.24, 2.45) is 0 Å². The fourth-order valence-electron chi connectivity index (χ4n) is 4.65. The van der Waals surface area contributed by atoms with Crippen molar-refractivity contribution in [3.8, 4) is 0 Å². The minimum absolute atomic E-state index is 0. The summed E-state index contributed by atoms with van der Waals surface area (Å²) in [5.41, 5.74) is 3.72. The van der Waals surface area contributed by atoms with Crippen LogP contribution in [0.1, 0.15) is 121 Å². The Balaban J connectivity index is 0.00000648. The molecule has 1 heterocycles. The third kappa shape index (κ3) is 15.3. The molecular weight excluding hydrogens is 460 g/mol. The smallest absolute Gasteiger partial charge is 0.169 e. The Morgan fingerprint density at radius 3 is 1.36 bits per heavy atom. The molecule has 2 aromatic rings. The van der Waals surface area contributed by atoms with Crippen molar-refractivity contribution in [3.05, 3.63) is 59.9 Å². The second-order valence-electron chi connectivity index (χ2n) is 10.5. The zero-order valence-electron chi connectivity index (χ0n) is 23.6. The normalized spacial score (nSPS) is 11.1. The van der Waals surface area contributed by atoms with Gasteiger partial charge >= 0.3 is 0 Å². The Hall–Kier alpha value is -1.80. The van der Waals surface area contributed by atoms with Crippen molar-refractivity contribution >= 4 is 17.8 Å². The van der Waals surface area contributed by atoms with Gasteiger partial charge in [0.25, 0.3) is 0 Å². The lowest BCUT2D eigenvalue weighted by atomic mass is 10.0. The molecule has 2 rings (SSSR count). The summed E-state index contributed by atoms with van der Waals surface area (Å²) in [6.07, 6.45) is 31.6. The lowest BCUT2D eigenvalue weighted by Gasteiger charge is -2.11. The van der Waals surface area contributed by atoms with Crippen LogP contribution >= 0.6 is 0 Å². The zero-order valence-corrected chi connectivity index (χ0v) is 24.3. The van der Waals surface area contributed by atoms with E-state index in [2.05, 4.69) is 91.4 Å². The summed E-state index contributed by atoms with van der Waals surface area (Å²) in [6, 6.07) is 13.1. The molecular formula is C33H53ClN2. The van der Waals surface area contributed by atoms with Gasteiger partial charge < -0.3 is 17.3 Å². The van der Waals surface area contributed by atoms with Crippen LogP contribution in [-0.2, 0) is 6.54 Å². The number of anilines is 1. The average Bonchev–Trinajstić information content (AvgIpc) is 2.88. The number of hydrogen-bond acceptors (Lipinski definition) is 1. The summed E-state index contributed by atoms with van der Waals surface area (Å²) < 4.78 is 2.33. The number of unbranched alkanes of at least 4 members (excludes halogenated alkanes) is 15. The van der Waals surface area contributed by atoms with Crippen LogP contribution < -0.4 is 21.9 Å². The fraction of sp³-hybridized carbons (Fsp3) is 0.606. The molecule has 0 atom stereocenters. The molecule has 0 aliphatic carbocycles. The van der Waals surface area contributed by atoms with E-state index in [1.54, 1.807) is 0 Å². The molecule has 202 valence electrons. The van der Waals surface area contributed by atoms with Gasteiger partial charge in [-0.25, -0.2) is 4.57 Å². The standard InChI is InChI=1S/C33H53N2.ClH/c1-4-5-6-7-8-9-10-11-12-13-14-15-16-17-18-19-28-35-29-26-32(27-30-35)21-20-31-22-24-33(25-23-31)34(2)3;/h20-27,29-30H,4-19,28H2,1-3H3;1H/q+1;/p-1. The lowest BCUT2D eigenvalue weighted by Crippen LogP contribution is -3.00. The average molecular weight is 513 g/mol. The van der Waals surface area contributed by atoms with Crippen LogP contribution in [0.4, 0.5) is 5.69 Å². The van der Waals surface area contributed by atoms with Gasteiger partial charge in [0.05, 0.1) is 0 Å². The van der Waals surface area contributed by atoms with E-state index in [9.17, 15) is 0 Å². The topological polar surface area (TPSA) is 7.12 Å². The maximum atomic E-state index is 2.33. The minimum atomic E-state index is 0. The minimum Gasteiger partial charge on any atom is -1.00 e. The molecule has 2 nitrogen and oxygen atoms in total. The van der Waals surface area contributed by atoms with Gasteiger partial charge in [-0.05, 0) is 29.7 Å². The van der Waals surface area contributed by atoms with Crippen LogP contribution in [0.15, 0.2) is 48.8 Å². The summed E-state index contributed by atoms with van der Waals surface area (Å²) in [5, 5.41) is 0. The number of rotatable bonds is 20. The van der Waals surface area contributed by atoms with E-state index in [-0.39, 0.29) is 12.4 Å². The molecule has 0 unspecified atom stereocenters. The molecule has 0 saturated carbocycles. The number of hydrogen-bond donors (Lipinski definition) is 0. The highest BCUT2D eigenvalue weighted by molar-refractivity contribution is 5.70. The van der Waals surface area contributed by atoms with Crippen molar-refractivity contribution in [1.29, 1.82) is 0 Å². The van der Waals surface area contributed by atoms with Crippen LogP contribution in [0.3, 0.4) is 0 Å². The van der Waals surface area contributed by atoms with E-state index < -0.39 is 0 Å². The van der Waals surface area contributed by atoms with E-state index in [0.717, 1.165) is 6.54 Å². The molecule has 36 heavy (non-hydrogen) atoms. The molecule has 0 N–H and O–H groups in total. The van der Waals surface area contributed by atoms with Crippen molar-refractivity contribution in [1.82, 2.24) is 0 Å². The predicted molar refractivity (Wildman–Crippen MR) is 156 cm³/mol. The third-order valence-electron chi connectivity index (χ3n) is 7.06. The Morgan fingerprint density at radius 2 is 0.944 bits per heavy atom. The SMILES string of the molecule is CCCCCCCCCCCCCCCCCC[n+]1ccc(C=Cc2ccc(N(C)C)cc2)cc1.[Cl-]. The van der Waals surface area contributed by atoms with Crippen molar-refractivity contribution in [2.45, 2.75) is 116 Å². The molecule has 0 spiro atoms. The van der Waals surface area contributed by atoms with E-state index in [1.165, 1.54) is 120 Å². The van der Waals surface area contributed by atoms with Gasteiger partial charge in [-0.3, -0.25) is 0 Å². The van der Waals surface area contributed by atoms with E-state index in [0.29, 0.717) is 0 Å². The first-order valence-corrected chi connectivity index (χ1v) is 14.6. The highest BCUT2D eigenvalue weighted by atomic mass is 35.5. The van der Waals surface area contributed by atoms with Crippen molar-refractivity contribution in [3.63, 3.8) is 0 Å². The quantitative estimate of drug-likeness (QED) is 0.145. The number of aryl methyl sites for hydroxylation is 1. The highest BCUT2D eigenvalue weighted by Crippen LogP contribution is 2.15. The van der Waals surface area contributed by atoms with Gasteiger partial charge in [0, 0.05) is 38.3 Å². The summed E-state index contributed by atoms with van der Waals surface area (Å²) in [4.78, 5) is 2.13. The van der Waals surface area contributed by atoms with Gasteiger partial charge in [-0.1, -0.05) is 121 Å². The summed E-state index contributed by atoms with van der Waals surface area (Å²) in [6.45, 7) is 3.43. The fourth-order valence-corrected chi connectivity index (χ4v) is 4.65. The van der Waals surface area contributed by atoms with Crippen LogP contribution in [0.25, 0.3) is 12.2 Å². The zero-order chi connectivity index (χ0) is 25.0. The Morgan fingerprint density at radius 1 is 0.556 bits per heavy atom. The maximum Gasteiger partial charge on any atom is 0.169 e. The van der Waals surface area contributed by atoms with Crippen molar-refractivity contribution in [2.75, 3.05) is 19.0 Å². The molecule has 0 fully saturated rings. The van der Waals surface area contributed by atoms with Gasteiger partial charge in [-0.2, -0.15) is 0 Å². The molecule has 1 aromatic heterocycles. The number of nitrogens with zero attached hydrogens (tertiary/aromatic N) is 2. The number of halogens is 1.